The average Bonchev–Trinajstić information content (AvgIpc) is 3.08. The number of carbonyl (C=O) groups excluding carboxylic acids is 1. The predicted octanol–water partition coefficient (Wildman–Crippen LogP) is 2.84. The van der Waals surface area contributed by atoms with Gasteiger partial charge in [-0.05, 0) is 37.5 Å². The summed E-state index contributed by atoms with van der Waals surface area (Å²) in [6.07, 6.45) is 0.660. The number of rotatable bonds is 5. The first kappa shape index (κ1) is 24.0. The third-order valence-electron chi connectivity index (χ3n) is 7.75. The van der Waals surface area contributed by atoms with E-state index in [1.54, 1.807) is 51.0 Å². The van der Waals surface area contributed by atoms with Gasteiger partial charge in [0, 0.05) is 74.0 Å². The minimum Gasteiger partial charge on any atom is -0.396 e. The molecule has 4 atom stereocenters. The number of hydrogen-bond acceptors (Lipinski definition) is 5. The number of alkyl halides is 3. The summed E-state index contributed by atoms with van der Waals surface area (Å²) in [7, 11) is 0. The molecule has 0 aliphatic carbocycles. The zero-order valence-electron chi connectivity index (χ0n) is 19.3. The van der Waals surface area contributed by atoms with Gasteiger partial charge in [0.2, 0.25) is 5.91 Å². The highest BCUT2D eigenvalue weighted by atomic mass is 19.4. The van der Waals surface area contributed by atoms with Crippen LogP contribution in [0, 0.1) is 11.8 Å². The van der Waals surface area contributed by atoms with Crippen LogP contribution in [0.3, 0.4) is 0 Å². The van der Waals surface area contributed by atoms with Crippen LogP contribution in [0.5, 0.6) is 0 Å². The molecule has 0 radical (unpaired) electrons. The number of hydrogen-bond donors (Lipinski definition) is 1. The summed E-state index contributed by atoms with van der Waals surface area (Å²) in [5.41, 5.74) is 1.37. The molecule has 10 heteroatoms. The van der Waals surface area contributed by atoms with Crippen LogP contribution >= 0.6 is 0 Å². The summed E-state index contributed by atoms with van der Waals surface area (Å²) >= 11 is 0. The second-order valence-corrected chi connectivity index (χ2v) is 9.70. The van der Waals surface area contributed by atoms with Gasteiger partial charge in [0.15, 0.2) is 0 Å². The Morgan fingerprint density at radius 2 is 1.91 bits per heavy atom. The number of halogens is 3. The zero-order valence-corrected chi connectivity index (χ0v) is 19.3. The standard InChI is InChI=1S/C25H29F3N4O3/c26-25(27,28)8-12-31-20-14-32-19(7-6-17(23(32)34)16-5-4-9-29-13-16)22(31)21(18(20)15-33)24(35)30-10-2-1-3-11-30/h4-7,9,13,18,20-22,33H,1-3,8,10-12,14-15H2/t18-,20-,21+,22+/m1/s1. The zero-order chi connectivity index (χ0) is 24.7. The number of fused-ring (bicyclic) bond motifs is 4. The van der Waals surface area contributed by atoms with E-state index >= 15 is 0 Å². The second kappa shape index (κ2) is 9.39. The normalized spacial score (nSPS) is 26.6. The fourth-order valence-electron chi connectivity index (χ4n) is 6.13. The molecule has 2 saturated heterocycles. The monoisotopic (exact) mass is 490 g/mol. The van der Waals surface area contributed by atoms with Gasteiger partial charge in [0.25, 0.3) is 5.56 Å². The first-order valence-electron chi connectivity index (χ1n) is 12.2. The molecule has 3 aliphatic heterocycles. The lowest BCUT2D eigenvalue weighted by molar-refractivity contribution is -0.141. The molecule has 2 fully saturated rings. The van der Waals surface area contributed by atoms with Crippen molar-refractivity contribution in [1.82, 2.24) is 19.4 Å². The van der Waals surface area contributed by atoms with Gasteiger partial charge in [0.1, 0.15) is 0 Å². The maximum Gasteiger partial charge on any atom is 0.390 e. The number of aliphatic hydroxyl groups is 1. The van der Waals surface area contributed by atoms with E-state index < -0.39 is 36.5 Å². The molecule has 2 aromatic heterocycles. The predicted molar refractivity (Wildman–Crippen MR) is 122 cm³/mol. The molecule has 5 heterocycles. The van der Waals surface area contributed by atoms with Crippen LogP contribution in [0.4, 0.5) is 13.2 Å². The molecule has 1 amide bonds. The Balaban J connectivity index is 1.58. The molecule has 2 bridgehead atoms. The summed E-state index contributed by atoms with van der Waals surface area (Å²) in [6.45, 7) is 0.746. The minimum atomic E-state index is -4.35. The fourth-order valence-corrected chi connectivity index (χ4v) is 6.13. The van der Waals surface area contributed by atoms with Crippen LogP contribution in [0.2, 0.25) is 0 Å². The Labute approximate surface area is 201 Å². The number of aliphatic hydroxyl groups excluding tert-OH is 1. The molecule has 5 rings (SSSR count). The molecule has 0 unspecified atom stereocenters. The van der Waals surface area contributed by atoms with Crippen LogP contribution in [0.25, 0.3) is 11.1 Å². The Bertz CT molecular complexity index is 1130. The number of piperidine rings is 1. The maximum absolute atomic E-state index is 13.7. The molecule has 0 spiro atoms. The molecule has 3 aliphatic rings. The number of amides is 1. The van der Waals surface area contributed by atoms with Gasteiger partial charge in [-0.2, -0.15) is 13.2 Å². The highest BCUT2D eigenvalue weighted by Gasteiger charge is 2.56. The average molecular weight is 491 g/mol. The maximum atomic E-state index is 13.7. The summed E-state index contributed by atoms with van der Waals surface area (Å²) < 4.78 is 41.2. The molecule has 188 valence electrons. The molecule has 0 saturated carbocycles. The van der Waals surface area contributed by atoms with Crippen LogP contribution in [0.15, 0.2) is 41.5 Å². The van der Waals surface area contributed by atoms with E-state index in [0.29, 0.717) is 29.9 Å². The highest BCUT2D eigenvalue weighted by molar-refractivity contribution is 5.81. The Kier molecular flexibility index (Phi) is 6.43. The number of aromatic nitrogens is 2. The van der Waals surface area contributed by atoms with Gasteiger partial charge >= 0.3 is 6.18 Å². The van der Waals surface area contributed by atoms with Crippen molar-refractivity contribution in [3.05, 3.63) is 52.7 Å². The number of carbonyl (C=O) groups is 1. The molecule has 1 N–H and O–H groups in total. The summed E-state index contributed by atoms with van der Waals surface area (Å²) in [5.74, 6) is -1.39. The van der Waals surface area contributed by atoms with Crippen LogP contribution < -0.4 is 5.56 Å². The highest BCUT2D eigenvalue weighted by Crippen LogP contribution is 2.49. The van der Waals surface area contributed by atoms with Crippen molar-refractivity contribution in [3.63, 3.8) is 0 Å². The second-order valence-electron chi connectivity index (χ2n) is 9.70. The molecule has 0 aromatic carbocycles. The molecular weight excluding hydrogens is 461 g/mol. The Hall–Kier alpha value is -2.72. The molecule has 35 heavy (non-hydrogen) atoms. The number of nitrogens with zero attached hydrogens (tertiary/aromatic N) is 4. The van der Waals surface area contributed by atoms with E-state index in [1.807, 2.05) is 0 Å². The van der Waals surface area contributed by atoms with Crippen molar-refractivity contribution >= 4 is 5.91 Å². The van der Waals surface area contributed by atoms with Gasteiger partial charge in [-0.25, -0.2) is 0 Å². The van der Waals surface area contributed by atoms with Crippen molar-refractivity contribution in [2.24, 2.45) is 11.8 Å². The molecular formula is C25H29F3N4O3. The van der Waals surface area contributed by atoms with Crippen molar-refractivity contribution in [2.45, 2.75) is 50.5 Å². The van der Waals surface area contributed by atoms with Gasteiger partial charge < -0.3 is 14.6 Å². The largest absolute Gasteiger partial charge is 0.396 e. The van der Waals surface area contributed by atoms with Crippen molar-refractivity contribution in [2.75, 3.05) is 26.2 Å². The quantitative estimate of drug-likeness (QED) is 0.698. The summed E-state index contributed by atoms with van der Waals surface area (Å²) in [4.78, 5) is 34.8. The lowest BCUT2D eigenvalue weighted by Crippen LogP contribution is -2.47. The van der Waals surface area contributed by atoms with Gasteiger partial charge in [0.05, 0.1) is 18.4 Å². The van der Waals surface area contributed by atoms with Crippen molar-refractivity contribution in [1.29, 1.82) is 0 Å². The van der Waals surface area contributed by atoms with Gasteiger partial charge in [-0.1, -0.05) is 6.07 Å². The van der Waals surface area contributed by atoms with Crippen LogP contribution in [-0.4, -0.2) is 68.8 Å². The first-order valence-corrected chi connectivity index (χ1v) is 12.2. The fraction of sp³-hybridized carbons (Fsp3) is 0.560. The topological polar surface area (TPSA) is 78.7 Å². The van der Waals surface area contributed by atoms with E-state index in [4.69, 9.17) is 0 Å². The van der Waals surface area contributed by atoms with E-state index in [2.05, 4.69) is 4.98 Å². The van der Waals surface area contributed by atoms with Crippen molar-refractivity contribution < 1.29 is 23.1 Å². The lowest BCUT2D eigenvalue weighted by atomic mass is 9.85. The molecule has 7 nitrogen and oxygen atoms in total. The van der Waals surface area contributed by atoms with E-state index in [9.17, 15) is 27.9 Å². The Morgan fingerprint density at radius 1 is 1.14 bits per heavy atom. The van der Waals surface area contributed by atoms with Crippen molar-refractivity contribution in [3.8, 4) is 11.1 Å². The van der Waals surface area contributed by atoms with Gasteiger partial charge in [-0.15, -0.1) is 0 Å². The SMILES string of the molecule is O=C([C@H]1[C@H](CO)[C@H]2Cn3c(ccc(-c4cccnc4)c3=O)[C@@H]1N2CCC(F)(F)F)N1CCCCC1. The third-order valence-corrected chi connectivity index (χ3v) is 7.75. The number of pyridine rings is 2. The van der Waals surface area contributed by atoms with Gasteiger partial charge in [-0.3, -0.25) is 19.5 Å². The summed E-state index contributed by atoms with van der Waals surface area (Å²) in [6, 6.07) is 5.70. The van der Waals surface area contributed by atoms with Crippen LogP contribution in [-0.2, 0) is 11.3 Å². The third kappa shape index (κ3) is 4.38. The Morgan fingerprint density at radius 3 is 2.57 bits per heavy atom. The summed E-state index contributed by atoms with van der Waals surface area (Å²) in [5, 5.41) is 10.3. The first-order chi connectivity index (χ1) is 16.8. The lowest BCUT2D eigenvalue weighted by Gasteiger charge is -2.39. The molecule has 2 aromatic rings. The smallest absolute Gasteiger partial charge is 0.390 e. The minimum absolute atomic E-state index is 0.131. The van der Waals surface area contributed by atoms with E-state index in [1.165, 1.54) is 0 Å². The van der Waals surface area contributed by atoms with Crippen LogP contribution in [0.1, 0.15) is 37.4 Å². The van der Waals surface area contributed by atoms with E-state index in [0.717, 1.165) is 19.3 Å². The van der Waals surface area contributed by atoms with E-state index in [-0.39, 0.29) is 31.2 Å². The number of likely N-dealkylation sites (tertiary alicyclic amines) is 1.